The molecule has 1 heterocycles. The Kier molecular flexibility index (Phi) is 7.87. The zero-order valence-electron chi connectivity index (χ0n) is 16.0. The lowest BCUT2D eigenvalue weighted by atomic mass is 10.3. The lowest BCUT2D eigenvalue weighted by molar-refractivity contribution is -0.114. The second kappa shape index (κ2) is 10.4. The molecule has 30 heavy (non-hydrogen) atoms. The third-order valence-electron chi connectivity index (χ3n) is 3.80. The van der Waals surface area contributed by atoms with Crippen molar-refractivity contribution in [2.45, 2.75) is 22.6 Å². The van der Waals surface area contributed by atoms with E-state index in [2.05, 4.69) is 38.4 Å². The predicted octanol–water partition coefficient (Wildman–Crippen LogP) is 4.64. The zero-order chi connectivity index (χ0) is 21.6. The lowest BCUT2D eigenvalue weighted by Crippen LogP contribution is -2.38. The molecule has 0 atom stereocenters. The van der Waals surface area contributed by atoms with Gasteiger partial charge >= 0.3 is 0 Å². The van der Waals surface area contributed by atoms with E-state index in [9.17, 15) is 13.2 Å². The number of amides is 1. The standard InChI is InChI=1S/C19H19BrN4O3S3/c1-2-11-28-19-23-22-18(29-19)21-17(25)13-24(15-8-6-7-14(20)12-15)30(26,27)16-9-4-3-5-10-16/h3-10,12H,2,11,13H2,1H3,(H,21,22,25). The Labute approximate surface area is 192 Å². The summed E-state index contributed by atoms with van der Waals surface area (Å²) >= 11 is 6.18. The molecule has 158 valence electrons. The highest BCUT2D eigenvalue weighted by Gasteiger charge is 2.27. The van der Waals surface area contributed by atoms with Crippen LogP contribution in [0.25, 0.3) is 0 Å². The first kappa shape index (κ1) is 22.7. The van der Waals surface area contributed by atoms with Gasteiger partial charge in [-0.25, -0.2) is 8.42 Å². The SMILES string of the molecule is CCCSc1nnc(NC(=O)CN(c2cccc(Br)c2)S(=O)(=O)c2ccccc2)s1. The number of hydrogen-bond acceptors (Lipinski definition) is 7. The van der Waals surface area contributed by atoms with E-state index >= 15 is 0 Å². The van der Waals surface area contributed by atoms with Crippen molar-refractivity contribution in [2.75, 3.05) is 21.9 Å². The number of aromatic nitrogens is 2. The van der Waals surface area contributed by atoms with Crippen molar-refractivity contribution in [3.05, 3.63) is 59.1 Å². The summed E-state index contributed by atoms with van der Waals surface area (Å²) in [6, 6.07) is 14.8. The van der Waals surface area contributed by atoms with Crippen LogP contribution in [0.2, 0.25) is 0 Å². The number of benzene rings is 2. The van der Waals surface area contributed by atoms with Crippen molar-refractivity contribution in [2.24, 2.45) is 0 Å². The van der Waals surface area contributed by atoms with Gasteiger partial charge in [-0.3, -0.25) is 14.4 Å². The van der Waals surface area contributed by atoms with Crippen LogP contribution < -0.4 is 9.62 Å². The van der Waals surface area contributed by atoms with Gasteiger partial charge in [0.2, 0.25) is 11.0 Å². The van der Waals surface area contributed by atoms with Gasteiger partial charge in [0.25, 0.3) is 10.0 Å². The maximum absolute atomic E-state index is 13.3. The minimum Gasteiger partial charge on any atom is -0.299 e. The van der Waals surface area contributed by atoms with Crippen LogP contribution in [0.5, 0.6) is 0 Å². The van der Waals surface area contributed by atoms with Gasteiger partial charge < -0.3 is 0 Å². The Morgan fingerprint density at radius 2 is 1.93 bits per heavy atom. The Morgan fingerprint density at radius 1 is 1.17 bits per heavy atom. The van der Waals surface area contributed by atoms with Gasteiger partial charge in [-0.15, -0.1) is 10.2 Å². The van der Waals surface area contributed by atoms with Crippen molar-refractivity contribution in [3.8, 4) is 0 Å². The molecular formula is C19H19BrN4O3S3. The number of anilines is 2. The molecule has 0 saturated carbocycles. The number of rotatable bonds is 9. The van der Waals surface area contributed by atoms with E-state index in [0.717, 1.165) is 20.8 Å². The number of nitrogens with zero attached hydrogens (tertiary/aromatic N) is 3. The molecule has 0 spiro atoms. The van der Waals surface area contributed by atoms with Crippen LogP contribution in [0.3, 0.4) is 0 Å². The van der Waals surface area contributed by atoms with Crippen molar-refractivity contribution in [1.82, 2.24) is 10.2 Å². The minimum atomic E-state index is -3.95. The topological polar surface area (TPSA) is 92.3 Å². The van der Waals surface area contributed by atoms with Gasteiger partial charge in [-0.2, -0.15) is 0 Å². The van der Waals surface area contributed by atoms with Gasteiger partial charge in [-0.05, 0) is 36.8 Å². The van der Waals surface area contributed by atoms with Crippen molar-refractivity contribution in [1.29, 1.82) is 0 Å². The van der Waals surface area contributed by atoms with E-state index in [0.29, 0.717) is 15.3 Å². The number of carbonyl (C=O) groups excluding carboxylic acids is 1. The van der Waals surface area contributed by atoms with Crippen LogP contribution in [0.15, 0.2) is 68.3 Å². The number of thioether (sulfide) groups is 1. The van der Waals surface area contributed by atoms with Crippen LogP contribution in [-0.2, 0) is 14.8 Å². The molecule has 2 aromatic carbocycles. The normalized spacial score (nSPS) is 11.3. The van der Waals surface area contributed by atoms with E-state index in [4.69, 9.17) is 0 Å². The molecule has 0 bridgehead atoms. The second-order valence-corrected chi connectivity index (χ2v) is 11.2. The quantitative estimate of drug-likeness (QED) is 0.322. The number of carbonyl (C=O) groups is 1. The van der Waals surface area contributed by atoms with Gasteiger partial charge in [0.1, 0.15) is 6.54 Å². The maximum Gasteiger partial charge on any atom is 0.264 e. The predicted molar refractivity (Wildman–Crippen MR) is 125 cm³/mol. The number of nitrogens with one attached hydrogen (secondary N) is 1. The van der Waals surface area contributed by atoms with E-state index in [1.54, 1.807) is 54.2 Å². The first-order chi connectivity index (χ1) is 14.4. The van der Waals surface area contributed by atoms with Crippen LogP contribution in [0.1, 0.15) is 13.3 Å². The van der Waals surface area contributed by atoms with Crippen LogP contribution in [0, 0.1) is 0 Å². The van der Waals surface area contributed by atoms with E-state index in [1.165, 1.54) is 23.5 Å². The van der Waals surface area contributed by atoms with Gasteiger partial charge in [-0.1, -0.05) is 70.2 Å². The Balaban J connectivity index is 1.84. The summed E-state index contributed by atoms with van der Waals surface area (Å²) in [4.78, 5) is 12.8. The molecule has 7 nitrogen and oxygen atoms in total. The summed E-state index contributed by atoms with van der Waals surface area (Å²) in [5.74, 6) is 0.409. The zero-order valence-corrected chi connectivity index (χ0v) is 20.0. The molecule has 0 saturated heterocycles. The highest BCUT2D eigenvalue weighted by molar-refractivity contribution is 9.10. The molecule has 0 aliphatic heterocycles. The highest BCUT2D eigenvalue weighted by atomic mass is 79.9. The number of halogens is 1. The third-order valence-corrected chi connectivity index (χ3v) is 8.26. The van der Waals surface area contributed by atoms with Gasteiger partial charge in [0, 0.05) is 10.2 Å². The van der Waals surface area contributed by atoms with Gasteiger partial charge in [0.05, 0.1) is 10.6 Å². The fourth-order valence-electron chi connectivity index (χ4n) is 2.46. The first-order valence-electron chi connectivity index (χ1n) is 8.99. The summed E-state index contributed by atoms with van der Waals surface area (Å²) in [5.41, 5.74) is 0.375. The molecule has 0 aliphatic rings. The van der Waals surface area contributed by atoms with E-state index in [-0.39, 0.29) is 4.90 Å². The van der Waals surface area contributed by atoms with E-state index < -0.39 is 22.5 Å². The molecule has 3 aromatic rings. The smallest absolute Gasteiger partial charge is 0.264 e. The van der Waals surface area contributed by atoms with Crippen molar-refractivity contribution >= 4 is 65.8 Å². The maximum atomic E-state index is 13.3. The molecule has 0 fully saturated rings. The number of sulfonamides is 1. The molecule has 1 N–H and O–H groups in total. The fourth-order valence-corrected chi connectivity index (χ4v) is 5.98. The first-order valence-corrected chi connectivity index (χ1v) is 13.0. The van der Waals surface area contributed by atoms with Crippen LogP contribution >= 0.6 is 39.0 Å². The average molecular weight is 527 g/mol. The minimum absolute atomic E-state index is 0.104. The number of hydrogen-bond donors (Lipinski definition) is 1. The lowest BCUT2D eigenvalue weighted by Gasteiger charge is -2.24. The molecule has 3 rings (SSSR count). The summed E-state index contributed by atoms with van der Waals surface area (Å²) < 4.78 is 29.1. The van der Waals surface area contributed by atoms with Crippen molar-refractivity contribution in [3.63, 3.8) is 0 Å². The largest absolute Gasteiger partial charge is 0.299 e. The summed E-state index contributed by atoms with van der Waals surface area (Å²) in [5, 5.41) is 11.0. The molecule has 1 aromatic heterocycles. The average Bonchev–Trinajstić information content (AvgIpc) is 3.18. The molecule has 11 heteroatoms. The monoisotopic (exact) mass is 526 g/mol. The molecule has 1 amide bonds. The van der Waals surface area contributed by atoms with E-state index in [1.807, 2.05) is 0 Å². The fraction of sp³-hybridized carbons (Fsp3) is 0.211. The summed E-state index contributed by atoms with van der Waals surface area (Å²) in [6.07, 6.45) is 1.00. The Bertz CT molecular complexity index is 1110. The summed E-state index contributed by atoms with van der Waals surface area (Å²) in [6.45, 7) is 1.67. The molecule has 0 aliphatic carbocycles. The third kappa shape index (κ3) is 5.81. The molecular weight excluding hydrogens is 508 g/mol. The van der Waals surface area contributed by atoms with Crippen LogP contribution in [0.4, 0.5) is 10.8 Å². The summed E-state index contributed by atoms with van der Waals surface area (Å²) in [7, 11) is -3.95. The second-order valence-electron chi connectivity index (χ2n) is 6.07. The Hall–Kier alpha value is -1.95. The highest BCUT2D eigenvalue weighted by Crippen LogP contribution is 2.28. The van der Waals surface area contributed by atoms with Gasteiger partial charge in [0.15, 0.2) is 4.34 Å². The van der Waals surface area contributed by atoms with Crippen molar-refractivity contribution < 1.29 is 13.2 Å². The Morgan fingerprint density at radius 3 is 2.63 bits per heavy atom. The van der Waals surface area contributed by atoms with Crippen LogP contribution in [-0.4, -0.2) is 36.8 Å². The molecule has 0 radical (unpaired) electrons. The molecule has 0 unspecified atom stereocenters.